The van der Waals surface area contributed by atoms with Crippen LogP contribution in [-0.2, 0) is 4.79 Å². The number of amides is 2. The third-order valence-corrected chi connectivity index (χ3v) is 2.89. The molecule has 1 fully saturated rings. The molecule has 5 N–H and O–H groups in total. The van der Waals surface area contributed by atoms with Gasteiger partial charge in [0.15, 0.2) is 0 Å². The highest BCUT2D eigenvalue weighted by atomic mass is 16.2. The summed E-state index contributed by atoms with van der Waals surface area (Å²) in [5.74, 6) is 5.10. The minimum Gasteiger partial charge on any atom is -0.354 e. The van der Waals surface area contributed by atoms with Gasteiger partial charge < -0.3 is 16.1 Å². The minimum absolute atomic E-state index is 0.0401. The van der Waals surface area contributed by atoms with Crippen molar-refractivity contribution in [3.63, 3.8) is 0 Å². The van der Waals surface area contributed by atoms with Crippen molar-refractivity contribution in [3.05, 3.63) is 29.3 Å². The third kappa shape index (κ3) is 2.60. The Morgan fingerprint density at radius 3 is 2.89 bits per heavy atom. The average Bonchev–Trinajstić information content (AvgIpc) is 2.74. The Labute approximate surface area is 105 Å². The van der Waals surface area contributed by atoms with Gasteiger partial charge in [-0.2, -0.15) is 0 Å². The van der Waals surface area contributed by atoms with Gasteiger partial charge in [-0.1, -0.05) is 11.6 Å². The number of carbonyl (C=O) groups excluding carboxylic acids is 2. The van der Waals surface area contributed by atoms with Gasteiger partial charge >= 0.3 is 0 Å². The summed E-state index contributed by atoms with van der Waals surface area (Å²) in [6.45, 7) is 2.37. The predicted molar refractivity (Wildman–Crippen MR) is 67.9 cm³/mol. The summed E-state index contributed by atoms with van der Waals surface area (Å²) < 4.78 is 0. The molecule has 1 heterocycles. The third-order valence-electron chi connectivity index (χ3n) is 2.89. The zero-order chi connectivity index (χ0) is 13.1. The van der Waals surface area contributed by atoms with Crippen LogP contribution in [0.3, 0.4) is 0 Å². The molecular weight excluding hydrogens is 232 g/mol. The van der Waals surface area contributed by atoms with Crippen LogP contribution in [0.2, 0.25) is 0 Å². The maximum absolute atomic E-state index is 12.1. The highest BCUT2D eigenvalue weighted by Crippen LogP contribution is 2.16. The second kappa shape index (κ2) is 5.05. The quantitative estimate of drug-likeness (QED) is 0.443. The van der Waals surface area contributed by atoms with E-state index in [1.807, 2.05) is 13.0 Å². The summed E-state index contributed by atoms with van der Waals surface area (Å²) in [4.78, 5) is 23.1. The summed E-state index contributed by atoms with van der Waals surface area (Å²) >= 11 is 0. The summed E-state index contributed by atoms with van der Waals surface area (Å²) in [7, 11) is 0. The number of nitrogens with two attached hydrogens (primary N) is 1. The topological polar surface area (TPSA) is 96.2 Å². The van der Waals surface area contributed by atoms with Crippen molar-refractivity contribution in [3.8, 4) is 0 Å². The lowest BCUT2D eigenvalue weighted by molar-refractivity contribution is -0.119. The lowest BCUT2D eigenvalue weighted by Crippen LogP contribution is -2.36. The zero-order valence-electron chi connectivity index (χ0n) is 10.1. The molecule has 96 valence electrons. The number of hydrogen-bond donors (Lipinski definition) is 4. The Hall–Kier alpha value is -2.08. The molecule has 0 spiro atoms. The normalized spacial score (nSPS) is 18.3. The van der Waals surface area contributed by atoms with Crippen molar-refractivity contribution in [2.45, 2.75) is 19.4 Å². The van der Waals surface area contributed by atoms with E-state index >= 15 is 0 Å². The van der Waals surface area contributed by atoms with Gasteiger partial charge in [-0.05, 0) is 19.1 Å². The number of rotatable bonds is 3. The van der Waals surface area contributed by atoms with Crippen LogP contribution in [0.1, 0.15) is 22.3 Å². The second-order valence-electron chi connectivity index (χ2n) is 4.37. The Morgan fingerprint density at radius 2 is 2.28 bits per heavy atom. The first-order valence-electron chi connectivity index (χ1n) is 5.75. The summed E-state index contributed by atoms with van der Waals surface area (Å²) in [5, 5.41) is 5.48. The van der Waals surface area contributed by atoms with E-state index in [2.05, 4.69) is 16.1 Å². The van der Waals surface area contributed by atoms with Gasteiger partial charge in [0.25, 0.3) is 5.91 Å². The fraction of sp³-hybridized carbons (Fsp3) is 0.333. The van der Waals surface area contributed by atoms with Crippen molar-refractivity contribution in [1.29, 1.82) is 0 Å². The van der Waals surface area contributed by atoms with E-state index in [0.29, 0.717) is 24.2 Å². The van der Waals surface area contributed by atoms with Crippen LogP contribution >= 0.6 is 0 Å². The lowest BCUT2D eigenvalue weighted by atomic mass is 10.1. The van der Waals surface area contributed by atoms with Crippen molar-refractivity contribution in [1.82, 2.24) is 10.6 Å². The van der Waals surface area contributed by atoms with Gasteiger partial charge in [0.1, 0.15) is 0 Å². The molecule has 0 aromatic heterocycles. The highest BCUT2D eigenvalue weighted by molar-refractivity contribution is 6.00. The molecule has 1 aliphatic heterocycles. The first-order valence-corrected chi connectivity index (χ1v) is 5.75. The molecule has 0 saturated carbocycles. The number of aryl methyl sites for hydroxylation is 1. The van der Waals surface area contributed by atoms with Crippen molar-refractivity contribution >= 4 is 17.5 Å². The smallest absolute Gasteiger partial charge is 0.253 e. The molecule has 18 heavy (non-hydrogen) atoms. The SMILES string of the molecule is Cc1ccc(NN)c(C(=O)NC2CNC(=O)C2)c1. The van der Waals surface area contributed by atoms with E-state index in [1.54, 1.807) is 12.1 Å². The van der Waals surface area contributed by atoms with Crippen LogP contribution in [0.25, 0.3) is 0 Å². The average molecular weight is 248 g/mol. The number of hydrogen-bond acceptors (Lipinski definition) is 4. The Balaban J connectivity index is 2.13. The Kier molecular flexibility index (Phi) is 3.47. The maximum Gasteiger partial charge on any atom is 0.253 e. The molecule has 1 aliphatic rings. The number of anilines is 1. The summed E-state index contributed by atoms with van der Waals surface area (Å²) in [6.07, 6.45) is 0.322. The van der Waals surface area contributed by atoms with E-state index in [9.17, 15) is 9.59 Å². The minimum atomic E-state index is -0.229. The zero-order valence-corrected chi connectivity index (χ0v) is 10.1. The number of benzene rings is 1. The molecule has 0 bridgehead atoms. The van der Waals surface area contributed by atoms with E-state index in [-0.39, 0.29) is 17.9 Å². The molecule has 6 heteroatoms. The molecule has 2 rings (SSSR count). The lowest BCUT2D eigenvalue weighted by Gasteiger charge is -2.13. The summed E-state index contributed by atoms with van der Waals surface area (Å²) in [5.41, 5.74) is 4.51. The fourth-order valence-corrected chi connectivity index (χ4v) is 1.94. The van der Waals surface area contributed by atoms with Crippen LogP contribution in [0.15, 0.2) is 18.2 Å². The van der Waals surface area contributed by atoms with E-state index < -0.39 is 0 Å². The monoisotopic (exact) mass is 248 g/mol. The first kappa shape index (κ1) is 12.4. The molecule has 1 unspecified atom stereocenters. The van der Waals surface area contributed by atoms with Gasteiger partial charge in [0, 0.05) is 13.0 Å². The van der Waals surface area contributed by atoms with Crippen LogP contribution in [-0.4, -0.2) is 24.4 Å². The van der Waals surface area contributed by atoms with E-state index in [4.69, 9.17) is 5.84 Å². The van der Waals surface area contributed by atoms with Crippen LogP contribution in [0.4, 0.5) is 5.69 Å². The largest absolute Gasteiger partial charge is 0.354 e. The van der Waals surface area contributed by atoms with Crippen molar-refractivity contribution < 1.29 is 9.59 Å². The molecule has 1 aromatic carbocycles. The van der Waals surface area contributed by atoms with Gasteiger partial charge in [-0.25, -0.2) is 0 Å². The van der Waals surface area contributed by atoms with Gasteiger partial charge in [-0.15, -0.1) is 0 Å². The van der Waals surface area contributed by atoms with Crippen molar-refractivity contribution in [2.75, 3.05) is 12.0 Å². The first-order chi connectivity index (χ1) is 8.60. The Bertz CT molecular complexity index is 487. The van der Waals surface area contributed by atoms with Gasteiger partial charge in [0.05, 0.1) is 17.3 Å². The molecule has 1 saturated heterocycles. The van der Waals surface area contributed by atoms with Gasteiger partial charge in [-0.3, -0.25) is 15.4 Å². The standard InChI is InChI=1S/C12H16N4O2/c1-7-2-3-10(16-13)9(4-7)12(18)15-8-5-11(17)14-6-8/h2-4,8,16H,5-6,13H2,1H3,(H,14,17)(H,15,18). The maximum atomic E-state index is 12.1. The molecular formula is C12H16N4O2. The molecule has 2 amide bonds. The number of nitrogens with one attached hydrogen (secondary N) is 3. The molecule has 1 atom stereocenters. The van der Waals surface area contributed by atoms with E-state index in [1.165, 1.54) is 0 Å². The predicted octanol–water partition coefficient (Wildman–Crippen LogP) is -0.101. The molecule has 0 radical (unpaired) electrons. The fourth-order valence-electron chi connectivity index (χ4n) is 1.94. The number of carbonyl (C=O) groups is 2. The molecule has 1 aromatic rings. The highest BCUT2D eigenvalue weighted by Gasteiger charge is 2.24. The second-order valence-corrected chi connectivity index (χ2v) is 4.37. The number of nitrogen functional groups attached to an aromatic ring is 1. The van der Waals surface area contributed by atoms with E-state index in [0.717, 1.165) is 5.56 Å². The van der Waals surface area contributed by atoms with Crippen LogP contribution in [0, 0.1) is 6.92 Å². The summed E-state index contributed by atoms with van der Waals surface area (Å²) in [6, 6.07) is 5.22. The van der Waals surface area contributed by atoms with Crippen LogP contribution < -0.4 is 21.9 Å². The number of hydrazine groups is 1. The Morgan fingerprint density at radius 1 is 1.50 bits per heavy atom. The van der Waals surface area contributed by atoms with Gasteiger partial charge in [0.2, 0.25) is 5.91 Å². The molecule has 0 aliphatic carbocycles. The van der Waals surface area contributed by atoms with Crippen LogP contribution in [0.5, 0.6) is 0 Å². The molecule has 6 nitrogen and oxygen atoms in total. The van der Waals surface area contributed by atoms with Crippen molar-refractivity contribution in [2.24, 2.45) is 5.84 Å².